The van der Waals surface area contributed by atoms with Crippen LogP contribution in [-0.2, 0) is 22.6 Å². The van der Waals surface area contributed by atoms with Crippen molar-refractivity contribution >= 4 is 5.97 Å². The lowest BCUT2D eigenvalue weighted by atomic mass is 9.86. The van der Waals surface area contributed by atoms with E-state index in [2.05, 4.69) is 17.9 Å². The van der Waals surface area contributed by atoms with Gasteiger partial charge < -0.3 is 29.2 Å². The van der Waals surface area contributed by atoms with Gasteiger partial charge in [0.05, 0.1) is 26.4 Å². The number of aliphatic hydroxyl groups is 2. The van der Waals surface area contributed by atoms with Crippen molar-refractivity contribution in [3.63, 3.8) is 0 Å². The van der Waals surface area contributed by atoms with Crippen LogP contribution in [0.5, 0.6) is 17.2 Å². The Labute approximate surface area is 237 Å². The summed E-state index contributed by atoms with van der Waals surface area (Å²) >= 11 is 0. The van der Waals surface area contributed by atoms with Crippen LogP contribution in [0, 0.1) is 23.7 Å². The van der Waals surface area contributed by atoms with E-state index in [-0.39, 0.29) is 42.9 Å². The number of ether oxygens (including phenoxy) is 4. The van der Waals surface area contributed by atoms with E-state index in [4.69, 9.17) is 18.9 Å². The number of para-hydroxylation sites is 1. The zero-order chi connectivity index (χ0) is 28.6. The highest BCUT2D eigenvalue weighted by Crippen LogP contribution is 2.52. The molecule has 0 radical (unpaired) electrons. The number of aryl methyl sites for hydroxylation is 1. The van der Waals surface area contributed by atoms with E-state index < -0.39 is 12.2 Å². The number of benzene rings is 2. The highest BCUT2D eigenvalue weighted by atomic mass is 16.5. The minimum absolute atomic E-state index is 0.0155. The van der Waals surface area contributed by atoms with Crippen molar-refractivity contribution in [2.75, 3.05) is 14.2 Å². The third-order valence-electron chi connectivity index (χ3n) is 7.91. The summed E-state index contributed by atoms with van der Waals surface area (Å²) in [5, 5.41) is 21.3. The van der Waals surface area contributed by atoms with Gasteiger partial charge in [-0.2, -0.15) is 0 Å². The topological polar surface area (TPSA) is 94.5 Å². The predicted molar refractivity (Wildman–Crippen MR) is 152 cm³/mol. The minimum Gasteiger partial charge on any atom is -0.497 e. The van der Waals surface area contributed by atoms with Crippen molar-refractivity contribution < 1.29 is 34.0 Å². The first-order valence-corrected chi connectivity index (χ1v) is 13.9. The molecule has 40 heavy (non-hydrogen) atoms. The molecule has 1 fully saturated rings. The van der Waals surface area contributed by atoms with Crippen LogP contribution < -0.4 is 14.2 Å². The summed E-state index contributed by atoms with van der Waals surface area (Å²) in [6, 6.07) is 11.5. The molecule has 0 saturated heterocycles. The average molecular weight is 549 g/mol. The first kappa shape index (κ1) is 29.5. The van der Waals surface area contributed by atoms with Crippen molar-refractivity contribution in [2.24, 2.45) is 11.8 Å². The Bertz CT molecular complexity index is 1260. The number of fused-ring (bicyclic) bond motifs is 3. The molecule has 2 N–H and O–H groups in total. The molecule has 6 atom stereocenters. The van der Waals surface area contributed by atoms with Crippen LogP contribution in [0.25, 0.3) is 0 Å². The van der Waals surface area contributed by atoms with Gasteiger partial charge in [-0.3, -0.25) is 4.79 Å². The van der Waals surface area contributed by atoms with Gasteiger partial charge in [-0.15, -0.1) is 11.8 Å². The van der Waals surface area contributed by atoms with Crippen LogP contribution in [0.15, 0.2) is 48.6 Å². The maximum absolute atomic E-state index is 12.5. The lowest BCUT2D eigenvalue weighted by Crippen LogP contribution is -2.19. The van der Waals surface area contributed by atoms with Crippen molar-refractivity contribution in [2.45, 2.75) is 76.8 Å². The predicted octanol–water partition coefficient (Wildman–Crippen LogP) is 4.96. The summed E-state index contributed by atoms with van der Waals surface area (Å²) in [6.45, 7) is 3.90. The lowest BCUT2D eigenvalue weighted by molar-refractivity contribution is -0.145. The highest BCUT2D eigenvalue weighted by Gasteiger charge is 2.48. The number of hydrogen-bond acceptors (Lipinski definition) is 7. The Kier molecular flexibility index (Phi) is 10.1. The molecule has 0 amide bonds. The standard InChI is InChI=1S/C33H40O7/c1-5-6-9-21(2)27(34)17-16-25-28(35)19-30-32(25)26-12-7-10-22(33(26)40-30)11-8-13-31(36)39-20-23-14-15-24(37-3)18-29(23)38-4/h7,10,12,14-18,21,25,27-28,30,32,34-35H,8-9,11,13,19-20H2,1-4H3/t21?,25-,27+,28?,30-,32-/m0/s1. The van der Waals surface area contributed by atoms with Crippen LogP contribution in [-0.4, -0.2) is 48.7 Å². The molecular weight excluding hydrogens is 508 g/mol. The minimum atomic E-state index is -0.620. The van der Waals surface area contributed by atoms with Crippen molar-refractivity contribution in [3.05, 3.63) is 65.2 Å². The Morgan fingerprint density at radius 3 is 2.77 bits per heavy atom. The average Bonchev–Trinajstić information content (AvgIpc) is 3.48. The summed E-state index contributed by atoms with van der Waals surface area (Å²) in [5.41, 5.74) is 2.92. The Morgan fingerprint density at radius 1 is 1.20 bits per heavy atom. The van der Waals surface area contributed by atoms with Crippen molar-refractivity contribution in [1.29, 1.82) is 0 Å². The molecule has 7 nitrogen and oxygen atoms in total. The molecular formula is C33H40O7. The molecule has 0 aromatic heterocycles. The lowest BCUT2D eigenvalue weighted by Gasteiger charge is -2.19. The second-order valence-electron chi connectivity index (χ2n) is 10.6. The third-order valence-corrected chi connectivity index (χ3v) is 7.91. The highest BCUT2D eigenvalue weighted by molar-refractivity contribution is 5.69. The van der Waals surface area contributed by atoms with Gasteiger partial charge in [-0.1, -0.05) is 37.3 Å². The number of hydrogen-bond donors (Lipinski definition) is 2. The molecule has 2 unspecified atom stereocenters. The maximum atomic E-state index is 12.5. The number of carbonyl (C=O) groups is 1. The molecule has 0 spiro atoms. The van der Waals surface area contributed by atoms with Crippen LogP contribution in [0.4, 0.5) is 0 Å². The van der Waals surface area contributed by atoms with E-state index in [1.165, 1.54) is 0 Å². The molecule has 4 rings (SSSR count). The first-order chi connectivity index (χ1) is 19.4. The van der Waals surface area contributed by atoms with Gasteiger partial charge in [0.2, 0.25) is 0 Å². The zero-order valence-corrected chi connectivity index (χ0v) is 23.8. The largest absolute Gasteiger partial charge is 0.497 e. The molecule has 214 valence electrons. The van der Waals surface area contributed by atoms with E-state index in [1.54, 1.807) is 33.3 Å². The Hall–Kier alpha value is -3.47. The zero-order valence-electron chi connectivity index (χ0n) is 23.8. The second kappa shape index (κ2) is 13.7. The summed E-state index contributed by atoms with van der Waals surface area (Å²) < 4.78 is 22.4. The monoisotopic (exact) mass is 548 g/mol. The van der Waals surface area contributed by atoms with E-state index in [9.17, 15) is 15.0 Å². The number of esters is 1. The third kappa shape index (κ3) is 6.80. The van der Waals surface area contributed by atoms with Gasteiger partial charge in [0.1, 0.15) is 30.0 Å². The van der Waals surface area contributed by atoms with Crippen LogP contribution in [0.1, 0.15) is 62.1 Å². The van der Waals surface area contributed by atoms with Crippen LogP contribution >= 0.6 is 0 Å². The van der Waals surface area contributed by atoms with Crippen molar-refractivity contribution in [1.82, 2.24) is 0 Å². The number of carbonyl (C=O) groups excluding carboxylic acids is 1. The van der Waals surface area contributed by atoms with E-state index >= 15 is 0 Å². The van der Waals surface area contributed by atoms with E-state index in [1.807, 2.05) is 37.3 Å². The molecule has 1 saturated carbocycles. The van der Waals surface area contributed by atoms with Crippen molar-refractivity contribution in [3.8, 4) is 29.1 Å². The molecule has 7 heteroatoms. The van der Waals surface area contributed by atoms with Crippen LogP contribution in [0.3, 0.4) is 0 Å². The fourth-order valence-electron chi connectivity index (χ4n) is 5.61. The number of aliphatic hydroxyl groups excluding tert-OH is 2. The van der Waals surface area contributed by atoms with E-state index in [0.717, 1.165) is 22.4 Å². The normalized spacial score (nSPS) is 22.4. The van der Waals surface area contributed by atoms with Gasteiger partial charge in [0, 0.05) is 48.3 Å². The SMILES string of the molecule is CC#CCC(C)[C@H](O)C=C[C@H]1C(O)C[C@@H]2Oc3c(CCCC(=O)OCc4ccc(OC)cc4OC)cccc3[C@@H]21. The summed E-state index contributed by atoms with van der Waals surface area (Å²) in [5.74, 6) is 7.69. The first-order valence-electron chi connectivity index (χ1n) is 13.9. The van der Waals surface area contributed by atoms with Gasteiger partial charge in [0.25, 0.3) is 0 Å². The molecule has 2 aliphatic rings. The smallest absolute Gasteiger partial charge is 0.306 e. The Balaban J connectivity index is 1.34. The quantitative estimate of drug-likeness (QED) is 0.220. The molecule has 2 aromatic rings. The van der Waals surface area contributed by atoms with Crippen LogP contribution in [0.2, 0.25) is 0 Å². The summed E-state index contributed by atoms with van der Waals surface area (Å²) in [4.78, 5) is 12.5. The fraction of sp³-hybridized carbons (Fsp3) is 0.485. The summed E-state index contributed by atoms with van der Waals surface area (Å²) in [7, 11) is 3.16. The van der Waals surface area contributed by atoms with Gasteiger partial charge in [-0.25, -0.2) is 0 Å². The summed E-state index contributed by atoms with van der Waals surface area (Å²) in [6.07, 6.45) is 5.27. The van der Waals surface area contributed by atoms with Gasteiger partial charge in [-0.05, 0) is 43.4 Å². The van der Waals surface area contributed by atoms with E-state index in [0.29, 0.717) is 37.2 Å². The molecule has 0 bridgehead atoms. The number of methoxy groups -OCH3 is 2. The molecule has 1 aliphatic carbocycles. The fourth-order valence-corrected chi connectivity index (χ4v) is 5.61. The molecule has 1 aliphatic heterocycles. The Morgan fingerprint density at radius 2 is 2.02 bits per heavy atom. The molecule has 2 aromatic carbocycles. The van der Waals surface area contributed by atoms with Gasteiger partial charge in [0.15, 0.2) is 0 Å². The second-order valence-corrected chi connectivity index (χ2v) is 10.6. The molecule has 1 heterocycles. The number of rotatable bonds is 12. The maximum Gasteiger partial charge on any atom is 0.306 e. The van der Waals surface area contributed by atoms with Gasteiger partial charge >= 0.3 is 5.97 Å².